The number of allylic oxidation sites excluding steroid dienone is 8. The van der Waals surface area contributed by atoms with Gasteiger partial charge in [-0.3, -0.25) is 9.59 Å². The van der Waals surface area contributed by atoms with Crippen molar-refractivity contribution in [3.05, 3.63) is 233 Å². The molecule has 12 heteroatoms. The largest absolute Gasteiger partial charge is 0.461 e. The normalized spacial score (nSPS) is 13.9. The molecule has 3 aromatic carbocycles. The second-order valence-electron chi connectivity index (χ2n) is 40.5. The third kappa shape index (κ3) is 25.5. The first-order chi connectivity index (χ1) is 68.3. The highest BCUT2D eigenvalue weighted by Crippen LogP contribution is 2.48. The van der Waals surface area contributed by atoms with Crippen molar-refractivity contribution < 1.29 is 19.1 Å². The van der Waals surface area contributed by atoms with E-state index in [-0.39, 0.29) is 38.0 Å². The van der Waals surface area contributed by atoms with Crippen LogP contribution >= 0.6 is 0 Å². The van der Waals surface area contributed by atoms with Crippen molar-refractivity contribution >= 4 is 113 Å². The zero-order valence-corrected chi connectivity index (χ0v) is 88.1. The molecule has 0 aliphatic carbocycles. The lowest BCUT2D eigenvalue weighted by atomic mass is 9.93. The molecule has 0 fully saturated rings. The molecule has 0 radical (unpaired) electrons. The fourth-order valence-electron chi connectivity index (χ4n) is 22.0. The summed E-state index contributed by atoms with van der Waals surface area (Å²) in [6, 6.07) is 35.0. The number of carbonyl (C=O) groups is 2. The summed E-state index contributed by atoms with van der Waals surface area (Å²) in [5.74, 6) is 13.4. The van der Waals surface area contributed by atoms with Gasteiger partial charge in [0.15, 0.2) is 0 Å². The van der Waals surface area contributed by atoms with Crippen molar-refractivity contribution in [3.63, 3.8) is 0 Å². The van der Waals surface area contributed by atoms with Crippen molar-refractivity contribution in [1.29, 1.82) is 0 Å². The number of ether oxygens (including phenoxy) is 2. The maximum Gasteiger partial charge on any atom is 0.310 e. The summed E-state index contributed by atoms with van der Waals surface area (Å²) in [5.41, 5.74) is 45.4. The smallest absolute Gasteiger partial charge is 0.310 e. The molecular weight excluding hydrogens is 1710 g/mol. The van der Waals surface area contributed by atoms with Gasteiger partial charge in [-0.15, -0.1) is 0 Å². The highest BCUT2D eigenvalue weighted by Gasteiger charge is 2.31. The molecule has 17 rings (SSSR count). The van der Waals surface area contributed by atoms with E-state index in [0.717, 1.165) is 375 Å². The topological polar surface area (TPSA) is 167 Å². The summed E-state index contributed by atoms with van der Waals surface area (Å²) in [6.45, 7) is 36.9. The molecule has 0 atom stereocenters. The van der Waals surface area contributed by atoms with E-state index in [1.54, 1.807) is 0 Å². The number of unbranched alkanes of at least 4 members (excludes halogenated alkanes) is 24. The monoisotopic (exact) mass is 1870 g/mol. The second-order valence-corrected chi connectivity index (χ2v) is 40.5. The molecule has 8 aliphatic rings. The van der Waals surface area contributed by atoms with Crippen molar-refractivity contribution in [2.45, 2.75) is 380 Å². The quantitative estimate of drug-likeness (QED) is 0.0167. The van der Waals surface area contributed by atoms with Gasteiger partial charge in [0.25, 0.3) is 0 Å². The SMILES string of the molecule is CCCCCCC1=C(C)c2nc1cc1[nH]c(c(C)c1CCCCCC)c1c3nc(cc4[nH]c(c(C)c4CCCCCC)c2C=CCOC(=O)Cc2cccc(c2)CC(=O)OC/C=C\c2c4nc(cc5[nH]c(c(C)c5CCCCCC)c(c5nc(cc6[nH]c2c(C)c6CCCCCC)C(CCCCCC)=C5C)-c2cccc(c2)C#CC#Cc2cccc-1c2)C(CCCCCC)=C4C)C(CCCCCC)=C3C. The second kappa shape index (κ2) is 51.7. The number of nitrogens with zero attached hydrogens (tertiary/aromatic N) is 4. The first-order valence-electron chi connectivity index (χ1n) is 54.7. The lowest BCUT2D eigenvalue weighted by molar-refractivity contribution is -0.142. The van der Waals surface area contributed by atoms with Crippen LogP contribution in [0.5, 0.6) is 0 Å². The fraction of sp³-hybridized carbons (Fsp3) is 0.469. The molecular formula is C128H160N8O4. The van der Waals surface area contributed by atoms with Crippen molar-refractivity contribution in [1.82, 2.24) is 39.9 Å². The summed E-state index contributed by atoms with van der Waals surface area (Å²) in [7, 11) is 0. The minimum absolute atomic E-state index is 0.0286. The number of rotatable bonds is 40. The van der Waals surface area contributed by atoms with E-state index in [1.807, 2.05) is 36.4 Å². The Morgan fingerprint density at radius 2 is 0.571 bits per heavy atom. The standard InChI is InChI=1S/C128H160N8O4/c1-17-25-33-41-64-99-85(9)121-107-72-54-74-139-117(137)79-95-60-51-61-96(76-95)80-118(138)140-75-55-73-108-123-87(11)101(66-43-35-27-19-3)111(131-123)83-115-105(70-47-39-31-23-7)91(15)127(135-115)120(128-92(16)106(71-48-40-32-24-8)116(136-128)84-112-102(67-44-36-28-20-4)88(12)124(108)132-112)98-63-53-59-94(78-98)57-50-49-56-93-58-52-62-97(77-93)119(125-89(13)103(68-45-37-29-21-5)113(133-125)81-109(99)129-121)126-90(14)104(69-46-38-30-22-6)114(134-126)82-110-100(65-42-34-26-18-2)86(10)122(107)130-110/h51-55,58-63,72-73,76-78,81-84,129,131,134,136H,17-48,64-71,74-75,79-80H2,1-16H3/b72-54-,73-55?,109-81?,110-82?,111-83?,112-84?,113-81?,114-82?,115-83?,116-84?,121-107?,122-107?,123-108?,124-108?,125-119?,126-119?,127-120?,128-120?. The number of aromatic nitrogens is 8. The summed E-state index contributed by atoms with van der Waals surface area (Å²) in [5, 5.41) is 0. The molecule has 26 bridgehead atoms. The van der Waals surface area contributed by atoms with E-state index in [1.165, 1.54) is 116 Å². The molecule has 12 nitrogen and oxygen atoms in total. The van der Waals surface area contributed by atoms with Gasteiger partial charge in [-0.25, -0.2) is 19.9 Å². The van der Waals surface area contributed by atoms with Gasteiger partial charge in [0, 0.05) is 55.4 Å². The van der Waals surface area contributed by atoms with E-state index in [2.05, 4.69) is 239 Å². The number of nitrogens with one attached hydrogen (secondary N) is 4. The van der Waals surface area contributed by atoms with Gasteiger partial charge in [-0.05, 0) is 342 Å². The molecule has 14 heterocycles. The van der Waals surface area contributed by atoms with E-state index in [4.69, 9.17) is 29.4 Å². The van der Waals surface area contributed by atoms with Crippen LogP contribution in [0.25, 0.3) is 123 Å². The Morgan fingerprint density at radius 1 is 0.300 bits per heavy atom. The van der Waals surface area contributed by atoms with E-state index in [9.17, 15) is 9.59 Å². The predicted octanol–water partition coefficient (Wildman–Crippen LogP) is 34.9. The molecule has 9 aromatic rings. The van der Waals surface area contributed by atoms with Crippen LogP contribution in [-0.4, -0.2) is 65.0 Å². The Kier molecular flexibility index (Phi) is 38.5. The summed E-state index contributed by atoms with van der Waals surface area (Å²) < 4.78 is 12.5. The molecule has 140 heavy (non-hydrogen) atoms. The highest BCUT2D eigenvalue weighted by atomic mass is 16.5. The first-order valence-corrected chi connectivity index (χ1v) is 54.7. The maximum atomic E-state index is 14.4. The van der Waals surface area contributed by atoms with Crippen molar-refractivity contribution in [2.75, 3.05) is 13.2 Å². The number of benzene rings is 3. The zero-order chi connectivity index (χ0) is 98.6. The van der Waals surface area contributed by atoms with E-state index in [0.29, 0.717) is 0 Å². The zero-order valence-electron chi connectivity index (χ0n) is 88.1. The van der Waals surface area contributed by atoms with Crippen LogP contribution in [0.2, 0.25) is 0 Å². The van der Waals surface area contributed by atoms with Crippen LogP contribution in [0.15, 0.2) is 109 Å². The van der Waals surface area contributed by atoms with Crippen molar-refractivity contribution in [3.8, 4) is 45.9 Å². The summed E-state index contributed by atoms with van der Waals surface area (Å²) in [6.07, 6.45) is 51.4. The minimum Gasteiger partial charge on any atom is -0.461 e. The number of aryl methyl sites for hydroxylation is 8. The number of hydrogen-bond donors (Lipinski definition) is 4. The Hall–Kier alpha value is -11.6. The molecule has 8 aliphatic heterocycles. The van der Waals surface area contributed by atoms with Gasteiger partial charge in [-0.1, -0.05) is 282 Å². The highest BCUT2D eigenvalue weighted by molar-refractivity contribution is 6.05. The molecule has 0 unspecified atom stereocenters. The third-order valence-corrected chi connectivity index (χ3v) is 30.2. The third-order valence-electron chi connectivity index (χ3n) is 30.2. The van der Waals surface area contributed by atoms with Crippen LogP contribution in [0.3, 0.4) is 0 Å². The molecule has 0 spiro atoms. The lowest BCUT2D eigenvalue weighted by Gasteiger charge is -2.10. The van der Waals surface area contributed by atoms with Crippen LogP contribution < -0.4 is 0 Å². The van der Waals surface area contributed by atoms with E-state index >= 15 is 0 Å². The Bertz CT molecular complexity index is 6260. The molecule has 0 saturated carbocycles. The Morgan fingerprint density at radius 3 is 0.879 bits per heavy atom. The molecule has 0 amide bonds. The van der Waals surface area contributed by atoms with E-state index < -0.39 is 0 Å². The summed E-state index contributed by atoms with van der Waals surface area (Å²) >= 11 is 0. The first kappa shape index (κ1) is 104. The number of aromatic amines is 4. The average Bonchev–Trinajstić information content (AvgIpc) is 1.59. The van der Waals surface area contributed by atoms with Crippen molar-refractivity contribution in [2.24, 2.45) is 0 Å². The van der Waals surface area contributed by atoms with Gasteiger partial charge < -0.3 is 29.4 Å². The van der Waals surface area contributed by atoms with Gasteiger partial charge in [0.05, 0.1) is 80.5 Å². The van der Waals surface area contributed by atoms with Gasteiger partial charge in [0.1, 0.15) is 13.2 Å². The number of esters is 2. The lowest BCUT2D eigenvalue weighted by Crippen LogP contribution is -2.10. The Balaban J connectivity index is 1.04. The van der Waals surface area contributed by atoms with Gasteiger partial charge in [0.2, 0.25) is 0 Å². The maximum absolute atomic E-state index is 14.4. The molecule has 736 valence electrons. The Labute approximate surface area is 838 Å². The summed E-state index contributed by atoms with van der Waals surface area (Å²) in [4.78, 5) is 69.6. The van der Waals surface area contributed by atoms with Gasteiger partial charge >= 0.3 is 11.9 Å². The van der Waals surface area contributed by atoms with Crippen LogP contribution in [0.1, 0.15) is 438 Å². The fourth-order valence-corrected chi connectivity index (χ4v) is 22.0. The molecule has 6 aromatic heterocycles. The molecule has 0 saturated heterocycles. The number of H-pyrrole nitrogens is 4. The number of hydrogen-bond acceptors (Lipinski definition) is 8. The molecule has 4 N–H and O–H groups in total. The number of carbonyl (C=O) groups excluding carboxylic acids is 2. The minimum atomic E-state index is -0.362. The predicted molar refractivity (Wildman–Crippen MR) is 596 cm³/mol. The van der Waals surface area contributed by atoms with Crippen LogP contribution in [-0.2, 0) is 57.6 Å². The van der Waals surface area contributed by atoms with Crippen LogP contribution in [0, 0.1) is 51.4 Å². The van der Waals surface area contributed by atoms with Crippen LogP contribution in [0.4, 0.5) is 0 Å². The average molecular weight is 1870 g/mol. The van der Waals surface area contributed by atoms with Gasteiger partial charge in [-0.2, -0.15) is 0 Å².